The van der Waals surface area contributed by atoms with Gasteiger partial charge in [-0.2, -0.15) is 0 Å². The van der Waals surface area contributed by atoms with E-state index in [1.54, 1.807) is 0 Å². The van der Waals surface area contributed by atoms with Gasteiger partial charge in [0.1, 0.15) is 6.61 Å². The number of carboxylic acids is 1. The molecule has 0 radical (unpaired) electrons. The van der Waals surface area contributed by atoms with Crippen LogP contribution in [0.3, 0.4) is 0 Å². The van der Waals surface area contributed by atoms with Gasteiger partial charge in [-0.15, -0.1) is 0 Å². The summed E-state index contributed by atoms with van der Waals surface area (Å²) in [7, 11) is 0. The second kappa shape index (κ2) is 31.0. The number of rotatable bonds is 31. The van der Waals surface area contributed by atoms with E-state index in [2.05, 4.69) is 25.7 Å². The molecule has 0 fully saturated rings. The second-order valence-corrected chi connectivity index (χ2v) is 11.5. The van der Waals surface area contributed by atoms with Gasteiger partial charge in [0.2, 0.25) is 0 Å². The molecule has 39 heavy (non-hydrogen) atoms. The Kier molecular flexibility index (Phi) is 29.7. The van der Waals surface area contributed by atoms with Crippen LogP contribution in [0.15, 0.2) is 24.8 Å². The molecule has 1 N–H and O–H groups in total. The van der Waals surface area contributed by atoms with Gasteiger partial charge in [0.25, 0.3) is 0 Å². The molecule has 0 rings (SSSR count). The number of unbranched alkanes of at least 4 members (excludes halogenated alkanes) is 22. The van der Waals surface area contributed by atoms with Crippen molar-refractivity contribution in [1.29, 1.82) is 0 Å². The van der Waals surface area contributed by atoms with Crippen LogP contribution in [0.25, 0.3) is 0 Å². The summed E-state index contributed by atoms with van der Waals surface area (Å²) in [6.45, 7) is 5.95. The molecule has 0 saturated carbocycles. The monoisotopic (exact) mass is 548 g/mol. The Morgan fingerprint density at radius 1 is 0.641 bits per heavy atom. The predicted molar refractivity (Wildman–Crippen MR) is 167 cm³/mol. The first-order valence-electron chi connectivity index (χ1n) is 16.8. The lowest BCUT2D eigenvalue weighted by Gasteiger charge is -2.13. The van der Waals surface area contributed by atoms with Crippen LogP contribution in [-0.4, -0.2) is 23.7 Å². The minimum atomic E-state index is -0.942. The summed E-state index contributed by atoms with van der Waals surface area (Å²) >= 11 is 0. The number of carbonyl (C=O) groups excluding carboxylic acids is 1. The van der Waals surface area contributed by atoms with Crippen molar-refractivity contribution in [2.45, 2.75) is 174 Å². The van der Waals surface area contributed by atoms with E-state index in [1.807, 2.05) is 0 Å². The van der Waals surface area contributed by atoms with Gasteiger partial charge in [0, 0.05) is 0 Å². The Morgan fingerprint density at radius 2 is 1.03 bits per heavy atom. The minimum absolute atomic E-state index is 0.145. The maximum absolute atomic E-state index is 12.0. The molecule has 0 aliphatic carbocycles. The molecule has 1 atom stereocenters. The Morgan fingerprint density at radius 3 is 1.41 bits per heavy atom. The zero-order valence-corrected chi connectivity index (χ0v) is 25.8. The lowest BCUT2D eigenvalue weighted by molar-refractivity contribution is -0.152. The van der Waals surface area contributed by atoms with Crippen LogP contribution >= 0.6 is 0 Å². The molecular formula is C35H64O4. The van der Waals surface area contributed by atoms with Gasteiger partial charge in [-0.05, 0) is 32.1 Å². The highest BCUT2D eigenvalue weighted by atomic mass is 16.5. The normalized spacial score (nSPS) is 12.1. The molecule has 0 amide bonds. The van der Waals surface area contributed by atoms with Crippen molar-refractivity contribution in [3.63, 3.8) is 0 Å². The van der Waals surface area contributed by atoms with Crippen LogP contribution in [0.1, 0.15) is 174 Å². The number of aliphatic carboxylic acids is 1. The molecule has 1 unspecified atom stereocenters. The largest absolute Gasteiger partial charge is 0.481 e. The fourth-order valence-corrected chi connectivity index (χ4v) is 5.18. The van der Waals surface area contributed by atoms with Crippen LogP contribution in [0.5, 0.6) is 0 Å². The molecule has 4 heteroatoms. The molecule has 0 aliphatic heterocycles. The summed E-state index contributed by atoms with van der Waals surface area (Å²) in [5.74, 6) is -1.88. The number of carbonyl (C=O) groups is 2. The SMILES string of the molecule is C=CCOC(=O)C(CCCCCCCCCCCCCCCCC/C=C/CCCCCCCCC)CC(=O)O. The van der Waals surface area contributed by atoms with E-state index in [0.29, 0.717) is 6.42 Å². The topological polar surface area (TPSA) is 63.6 Å². The van der Waals surface area contributed by atoms with Crippen molar-refractivity contribution in [3.8, 4) is 0 Å². The molecule has 0 spiro atoms. The summed E-state index contributed by atoms with van der Waals surface area (Å²) in [6, 6.07) is 0. The quantitative estimate of drug-likeness (QED) is 0.0531. The highest BCUT2D eigenvalue weighted by Crippen LogP contribution is 2.18. The lowest BCUT2D eigenvalue weighted by atomic mass is 9.97. The zero-order valence-electron chi connectivity index (χ0n) is 25.8. The van der Waals surface area contributed by atoms with E-state index < -0.39 is 17.9 Å². The number of esters is 1. The van der Waals surface area contributed by atoms with E-state index in [0.717, 1.165) is 19.3 Å². The number of hydrogen-bond acceptors (Lipinski definition) is 3. The molecule has 0 aromatic rings. The number of ether oxygens (including phenoxy) is 1. The third-order valence-corrected chi connectivity index (χ3v) is 7.66. The third-order valence-electron chi connectivity index (χ3n) is 7.66. The van der Waals surface area contributed by atoms with Crippen molar-refractivity contribution < 1.29 is 19.4 Å². The van der Waals surface area contributed by atoms with Crippen molar-refractivity contribution in [2.24, 2.45) is 5.92 Å². The smallest absolute Gasteiger partial charge is 0.309 e. The minimum Gasteiger partial charge on any atom is -0.481 e. The van der Waals surface area contributed by atoms with Gasteiger partial charge in [0.15, 0.2) is 0 Å². The van der Waals surface area contributed by atoms with Crippen molar-refractivity contribution in [3.05, 3.63) is 24.8 Å². The highest BCUT2D eigenvalue weighted by molar-refractivity contribution is 5.79. The Balaban J connectivity index is 3.35. The van der Waals surface area contributed by atoms with Crippen molar-refractivity contribution >= 4 is 11.9 Å². The number of hydrogen-bond donors (Lipinski definition) is 1. The summed E-state index contributed by atoms with van der Waals surface area (Å²) in [5, 5.41) is 9.03. The van der Waals surface area contributed by atoms with Gasteiger partial charge in [-0.25, -0.2) is 0 Å². The summed E-state index contributed by atoms with van der Waals surface area (Å²) in [6.07, 6.45) is 38.6. The third kappa shape index (κ3) is 29.2. The summed E-state index contributed by atoms with van der Waals surface area (Å²) < 4.78 is 5.04. The van der Waals surface area contributed by atoms with E-state index in [-0.39, 0.29) is 13.0 Å². The molecule has 0 heterocycles. The van der Waals surface area contributed by atoms with Gasteiger partial charge >= 0.3 is 11.9 Å². The summed E-state index contributed by atoms with van der Waals surface area (Å²) in [4.78, 5) is 23.0. The number of carboxylic acid groups (broad SMARTS) is 1. The maximum atomic E-state index is 12.0. The molecule has 0 bridgehead atoms. The molecule has 228 valence electrons. The van der Waals surface area contributed by atoms with E-state index in [4.69, 9.17) is 9.84 Å². The van der Waals surface area contributed by atoms with E-state index in [1.165, 1.54) is 141 Å². The molecule has 0 saturated heterocycles. The van der Waals surface area contributed by atoms with Gasteiger partial charge in [-0.1, -0.05) is 160 Å². The van der Waals surface area contributed by atoms with E-state index >= 15 is 0 Å². The Labute approximate surface area is 242 Å². The molecule has 0 aromatic heterocycles. The first-order valence-corrected chi connectivity index (χ1v) is 16.8. The van der Waals surface area contributed by atoms with Crippen LogP contribution in [-0.2, 0) is 14.3 Å². The lowest BCUT2D eigenvalue weighted by Crippen LogP contribution is -2.21. The maximum Gasteiger partial charge on any atom is 0.309 e. The van der Waals surface area contributed by atoms with Crippen molar-refractivity contribution in [1.82, 2.24) is 0 Å². The number of allylic oxidation sites excluding steroid dienone is 2. The second-order valence-electron chi connectivity index (χ2n) is 11.5. The van der Waals surface area contributed by atoms with Crippen molar-refractivity contribution in [2.75, 3.05) is 6.61 Å². The first-order chi connectivity index (χ1) is 19.1. The fraction of sp³-hybridized carbons (Fsp3) is 0.829. The summed E-state index contributed by atoms with van der Waals surface area (Å²) in [5.41, 5.74) is 0. The van der Waals surface area contributed by atoms with Gasteiger partial charge < -0.3 is 9.84 Å². The highest BCUT2D eigenvalue weighted by Gasteiger charge is 2.22. The van der Waals surface area contributed by atoms with Gasteiger partial charge in [-0.3, -0.25) is 9.59 Å². The Bertz CT molecular complexity index is 583. The van der Waals surface area contributed by atoms with Crippen LogP contribution in [0, 0.1) is 5.92 Å². The molecular weight excluding hydrogens is 484 g/mol. The average molecular weight is 549 g/mol. The van der Waals surface area contributed by atoms with E-state index in [9.17, 15) is 9.59 Å². The van der Waals surface area contributed by atoms with Gasteiger partial charge in [0.05, 0.1) is 12.3 Å². The van der Waals surface area contributed by atoms with Crippen LogP contribution in [0.2, 0.25) is 0 Å². The zero-order chi connectivity index (χ0) is 28.7. The average Bonchev–Trinajstić information content (AvgIpc) is 2.92. The van der Waals surface area contributed by atoms with Crippen LogP contribution in [0.4, 0.5) is 0 Å². The Hall–Kier alpha value is -1.58. The molecule has 4 nitrogen and oxygen atoms in total. The standard InChI is InChI=1S/C35H64O4/c1-3-5-6-7-8-9-10-11-12-13-14-15-16-17-18-19-20-21-22-23-24-25-26-27-28-29-30-33(32-34(36)37)35(38)39-31-4-2/h4,12-13,33H,2-3,5-11,14-32H2,1H3,(H,36,37)/b13-12+. The molecule has 0 aliphatic rings. The van der Waals surface area contributed by atoms with Crippen LogP contribution < -0.4 is 0 Å². The predicted octanol–water partition coefficient (Wildman–Crippen LogP) is 11.1. The fourth-order valence-electron chi connectivity index (χ4n) is 5.18. The first kappa shape index (κ1) is 37.4. The molecule has 0 aromatic carbocycles.